The first-order valence-corrected chi connectivity index (χ1v) is 7.19. The van der Waals surface area contributed by atoms with Gasteiger partial charge in [0.25, 0.3) is 0 Å². The minimum atomic E-state index is -0.107. The summed E-state index contributed by atoms with van der Waals surface area (Å²) in [5, 5.41) is -0.107. The van der Waals surface area contributed by atoms with Crippen molar-refractivity contribution < 1.29 is 4.74 Å². The second-order valence-corrected chi connectivity index (χ2v) is 5.22. The number of aromatic nitrogens is 3. The quantitative estimate of drug-likeness (QED) is 0.576. The van der Waals surface area contributed by atoms with E-state index in [0.29, 0.717) is 0 Å². The molecule has 4 nitrogen and oxygen atoms in total. The molecule has 0 spiro atoms. The van der Waals surface area contributed by atoms with Crippen LogP contribution >= 0.6 is 11.6 Å². The molecule has 1 unspecified atom stereocenters. The number of nitrogens with zero attached hydrogens (tertiary/aromatic N) is 3. The highest BCUT2D eigenvalue weighted by molar-refractivity contribution is 6.20. The number of aryl methyl sites for hydroxylation is 1. The largest absolute Gasteiger partial charge is 0.381 e. The molecule has 2 rings (SSSR count). The molecule has 0 bridgehead atoms. The number of hydrogen-bond donors (Lipinski definition) is 0. The van der Waals surface area contributed by atoms with E-state index in [1.54, 1.807) is 12.4 Å². The van der Waals surface area contributed by atoms with Crippen LogP contribution in [0, 0.1) is 0 Å². The van der Waals surface area contributed by atoms with Gasteiger partial charge in [0.1, 0.15) is 11.3 Å². The van der Waals surface area contributed by atoms with Crippen molar-refractivity contribution >= 4 is 22.6 Å². The molecule has 0 radical (unpaired) electrons. The molecule has 0 amide bonds. The lowest BCUT2D eigenvalue weighted by atomic mass is 10.3. The van der Waals surface area contributed by atoms with E-state index in [4.69, 9.17) is 16.3 Å². The highest BCUT2D eigenvalue weighted by atomic mass is 35.5. The van der Waals surface area contributed by atoms with Crippen LogP contribution in [-0.2, 0) is 11.3 Å². The third-order valence-corrected chi connectivity index (χ3v) is 3.15. The van der Waals surface area contributed by atoms with E-state index in [1.165, 1.54) is 0 Å². The average Bonchev–Trinajstić information content (AvgIpc) is 2.78. The maximum absolute atomic E-state index is 6.21. The van der Waals surface area contributed by atoms with Gasteiger partial charge in [0.15, 0.2) is 0 Å². The van der Waals surface area contributed by atoms with Gasteiger partial charge in [-0.1, -0.05) is 6.92 Å². The molecule has 0 saturated heterocycles. The van der Waals surface area contributed by atoms with Crippen LogP contribution in [0.4, 0.5) is 0 Å². The van der Waals surface area contributed by atoms with Crippen molar-refractivity contribution in [3.8, 4) is 0 Å². The first kappa shape index (κ1) is 14.3. The van der Waals surface area contributed by atoms with Crippen molar-refractivity contribution in [3.05, 3.63) is 24.3 Å². The van der Waals surface area contributed by atoms with Gasteiger partial charge >= 0.3 is 0 Å². The van der Waals surface area contributed by atoms with Crippen LogP contribution in [0.5, 0.6) is 0 Å². The van der Waals surface area contributed by atoms with Crippen LogP contribution in [0.2, 0.25) is 0 Å². The highest BCUT2D eigenvalue weighted by Gasteiger charge is 2.14. The van der Waals surface area contributed by atoms with Gasteiger partial charge in [-0.3, -0.25) is 4.98 Å². The summed E-state index contributed by atoms with van der Waals surface area (Å²) in [6.45, 7) is 6.53. The van der Waals surface area contributed by atoms with Gasteiger partial charge in [-0.25, -0.2) is 4.98 Å². The molecule has 0 aliphatic rings. The molecule has 0 saturated carbocycles. The van der Waals surface area contributed by atoms with E-state index >= 15 is 0 Å². The first-order chi connectivity index (χ1) is 9.24. The summed E-state index contributed by atoms with van der Waals surface area (Å²) in [4.78, 5) is 8.66. The van der Waals surface area contributed by atoms with Crippen LogP contribution in [-0.4, -0.2) is 27.7 Å². The number of fused-ring (bicyclic) bond motifs is 1. The normalized spacial score (nSPS) is 13.0. The molecular formula is C14H20ClN3O. The Balaban J connectivity index is 2.13. The van der Waals surface area contributed by atoms with E-state index in [1.807, 2.05) is 13.0 Å². The van der Waals surface area contributed by atoms with E-state index in [-0.39, 0.29) is 5.38 Å². The molecular weight excluding hydrogens is 262 g/mol. The molecule has 104 valence electrons. The number of halogens is 1. The molecule has 0 aliphatic heterocycles. The molecule has 0 N–H and O–H groups in total. The van der Waals surface area contributed by atoms with E-state index in [2.05, 4.69) is 21.5 Å². The minimum Gasteiger partial charge on any atom is -0.381 e. The monoisotopic (exact) mass is 281 g/mol. The zero-order valence-corrected chi connectivity index (χ0v) is 12.2. The lowest BCUT2D eigenvalue weighted by molar-refractivity contribution is 0.129. The number of pyridine rings is 1. The summed E-state index contributed by atoms with van der Waals surface area (Å²) < 4.78 is 7.69. The second-order valence-electron chi connectivity index (χ2n) is 4.57. The van der Waals surface area contributed by atoms with E-state index in [9.17, 15) is 0 Å². The molecule has 19 heavy (non-hydrogen) atoms. The molecule has 0 aromatic carbocycles. The van der Waals surface area contributed by atoms with Gasteiger partial charge in [0.2, 0.25) is 0 Å². The van der Waals surface area contributed by atoms with Crippen molar-refractivity contribution in [1.82, 2.24) is 14.5 Å². The zero-order valence-electron chi connectivity index (χ0n) is 11.5. The Morgan fingerprint density at radius 2 is 2.26 bits per heavy atom. The van der Waals surface area contributed by atoms with E-state index in [0.717, 1.165) is 49.5 Å². The molecule has 5 heteroatoms. The molecule has 2 aromatic heterocycles. The van der Waals surface area contributed by atoms with Gasteiger partial charge in [-0.15, -0.1) is 11.6 Å². The Bertz CT molecular complexity index is 524. The van der Waals surface area contributed by atoms with Crippen LogP contribution in [0.15, 0.2) is 18.5 Å². The highest BCUT2D eigenvalue weighted by Crippen LogP contribution is 2.24. The molecule has 2 aromatic rings. The molecule has 1 atom stereocenters. The smallest absolute Gasteiger partial charge is 0.127 e. The Morgan fingerprint density at radius 3 is 3.00 bits per heavy atom. The fourth-order valence-corrected chi connectivity index (χ4v) is 2.28. The topological polar surface area (TPSA) is 39.9 Å². The second kappa shape index (κ2) is 6.87. The van der Waals surface area contributed by atoms with Crippen LogP contribution in [0.3, 0.4) is 0 Å². The Hall–Kier alpha value is -1.13. The zero-order chi connectivity index (χ0) is 13.7. The summed E-state index contributed by atoms with van der Waals surface area (Å²) in [7, 11) is 0. The van der Waals surface area contributed by atoms with Crippen molar-refractivity contribution in [2.75, 3.05) is 13.2 Å². The minimum absolute atomic E-state index is 0.107. The fourth-order valence-electron chi connectivity index (χ4n) is 2.11. The number of imidazole rings is 1. The number of rotatable bonds is 7. The van der Waals surface area contributed by atoms with Gasteiger partial charge in [0, 0.05) is 26.0 Å². The van der Waals surface area contributed by atoms with Crippen molar-refractivity contribution in [1.29, 1.82) is 0 Å². The van der Waals surface area contributed by atoms with Crippen molar-refractivity contribution in [2.45, 2.75) is 38.6 Å². The third-order valence-electron chi connectivity index (χ3n) is 2.95. The summed E-state index contributed by atoms with van der Waals surface area (Å²) in [5.41, 5.74) is 1.99. The molecule has 0 aliphatic carbocycles. The Kier molecular flexibility index (Phi) is 5.16. The van der Waals surface area contributed by atoms with Crippen LogP contribution < -0.4 is 0 Å². The summed E-state index contributed by atoms with van der Waals surface area (Å²) in [6, 6.07) is 1.98. The molecule has 0 fully saturated rings. The summed E-state index contributed by atoms with van der Waals surface area (Å²) in [6.07, 6.45) is 5.59. The lowest BCUT2D eigenvalue weighted by Crippen LogP contribution is -2.07. The van der Waals surface area contributed by atoms with Gasteiger partial charge in [0.05, 0.1) is 17.1 Å². The Labute approximate surface area is 118 Å². The summed E-state index contributed by atoms with van der Waals surface area (Å²) in [5.74, 6) is 0.903. The van der Waals surface area contributed by atoms with Gasteiger partial charge in [-0.2, -0.15) is 0 Å². The Morgan fingerprint density at radius 1 is 1.42 bits per heavy atom. The standard InChI is InChI=1S/C14H20ClN3O/c1-3-8-19-9-4-7-18-13-5-6-16-10-12(13)17-14(18)11(2)15/h5-6,10-11H,3-4,7-9H2,1-2H3. The van der Waals surface area contributed by atoms with Crippen LogP contribution in [0.1, 0.15) is 37.9 Å². The maximum Gasteiger partial charge on any atom is 0.127 e. The van der Waals surface area contributed by atoms with Crippen molar-refractivity contribution in [2.24, 2.45) is 0 Å². The average molecular weight is 282 g/mol. The van der Waals surface area contributed by atoms with Crippen molar-refractivity contribution in [3.63, 3.8) is 0 Å². The number of alkyl halides is 1. The van der Waals surface area contributed by atoms with Gasteiger partial charge in [-0.05, 0) is 25.8 Å². The van der Waals surface area contributed by atoms with Crippen LogP contribution in [0.25, 0.3) is 11.0 Å². The van der Waals surface area contributed by atoms with Gasteiger partial charge < -0.3 is 9.30 Å². The fraction of sp³-hybridized carbons (Fsp3) is 0.571. The molecule has 2 heterocycles. The SMILES string of the molecule is CCCOCCCn1c(C(C)Cl)nc2cnccc21. The number of hydrogen-bond acceptors (Lipinski definition) is 3. The third kappa shape index (κ3) is 3.45. The number of ether oxygens (including phenoxy) is 1. The van der Waals surface area contributed by atoms with E-state index < -0.39 is 0 Å². The summed E-state index contributed by atoms with van der Waals surface area (Å²) >= 11 is 6.21. The first-order valence-electron chi connectivity index (χ1n) is 6.76. The predicted octanol–water partition coefficient (Wildman–Crippen LogP) is 3.55. The lowest BCUT2D eigenvalue weighted by Gasteiger charge is -2.10. The predicted molar refractivity (Wildman–Crippen MR) is 77.5 cm³/mol. The maximum atomic E-state index is 6.21.